The number of aromatic nitrogens is 1. The molecule has 1 fully saturated rings. The molecule has 0 saturated heterocycles. The lowest BCUT2D eigenvalue weighted by molar-refractivity contribution is 0.0698. The van der Waals surface area contributed by atoms with E-state index < -0.39 is 5.97 Å². The molecule has 0 spiro atoms. The maximum absolute atomic E-state index is 13.2. The highest BCUT2D eigenvalue weighted by atomic mass is 16.5. The molecule has 0 atom stereocenters. The maximum atomic E-state index is 13.2. The number of pyridine rings is 1. The summed E-state index contributed by atoms with van der Waals surface area (Å²) in [7, 11) is 3.04. The third-order valence-electron chi connectivity index (χ3n) is 5.55. The molecular weight excluding hydrogens is 398 g/mol. The Labute approximate surface area is 179 Å². The third-order valence-corrected chi connectivity index (χ3v) is 5.55. The predicted molar refractivity (Wildman–Crippen MR) is 115 cm³/mol. The van der Waals surface area contributed by atoms with Gasteiger partial charge in [-0.2, -0.15) is 0 Å². The number of aromatic carboxylic acids is 1. The van der Waals surface area contributed by atoms with Gasteiger partial charge in [-0.3, -0.25) is 9.78 Å². The van der Waals surface area contributed by atoms with Gasteiger partial charge in [0.25, 0.3) is 0 Å². The molecular formula is C24H23NO6. The van der Waals surface area contributed by atoms with Crippen LogP contribution in [-0.2, 0) is 0 Å². The summed E-state index contributed by atoms with van der Waals surface area (Å²) in [5, 5.41) is 10.5. The number of methoxy groups -OCH3 is 2. The Hall–Kier alpha value is -3.61. The fourth-order valence-corrected chi connectivity index (χ4v) is 3.94. The molecule has 1 N–H and O–H groups in total. The first-order valence-electron chi connectivity index (χ1n) is 10.1. The fourth-order valence-electron chi connectivity index (χ4n) is 3.94. The number of ketones is 1. The number of carboxylic acids is 1. The van der Waals surface area contributed by atoms with Crippen LogP contribution in [0.3, 0.4) is 0 Å². The molecule has 1 saturated carbocycles. The molecule has 31 heavy (non-hydrogen) atoms. The molecule has 3 aromatic rings. The topological polar surface area (TPSA) is 95.0 Å². The summed E-state index contributed by atoms with van der Waals surface area (Å²) in [6.45, 7) is 0. The highest BCUT2D eigenvalue weighted by molar-refractivity contribution is 6.18. The van der Waals surface area contributed by atoms with Gasteiger partial charge in [-0.15, -0.1) is 0 Å². The first-order valence-corrected chi connectivity index (χ1v) is 10.1. The molecule has 0 unspecified atom stereocenters. The Morgan fingerprint density at radius 2 is 1.74 bits per heavy atom. The second kappa shape index (κ2) is 8.63. The van der Waals surface area contributed by atoms with Crippen LogP contribution in [0.1, 0.15) is 52.1 Å². The summed E-state index contributed by atoms with van der Waals surface area (Å²) in [6, 6.07) is 10.0. The number of ether oxygens (including phenoxy) is 3. The van der Waals surface area contributed by atoms with Crippen molar-refractivity contribution in [3.63, 3.8) is 0 Å². The molecule has 7 nitrogen and oxygen atoms in total. The van der Waals surface area contributed by atoms with Crippen LogP contribution in [0.4, 0.5) is 0 Å². The van der Waals surface area contributed by atoms with E-state index in [2.05, 4.69) is 4.98 Å². The standard InChI is InChI=1S/C24H23NO6/c1-29-16-9-5-6-14(10-16)23(26)22-18-12-20(30-2)21(31-15-7-3-4-8-15)11-17(18)19(13-25-22)24(27)28/h5-6,9-13,15H,3-4,7-8H2,1-2H3,(H,27,28). The Morgan fingerprint density at radius 1 is 1.00 bits per heavy atom. The van der Waals surface area contributed by atoms with Crippen molar-refractivity contribution in [1.29, 1.82) is 0 Å². The molecule has 1 aromatic heterocycles. The second-order valence-corrected chi connectivity index (χ2v) is 7.46. The van der Waals surface area contributed by atoms with Gasteiger partial charge in [-0.25, -0.2) is 4.79 Å². The van der Waals surface area contributed by atoms with Gasteiger partial charge in [0, 0.05) is 22.5 Å². The van der Waals surface area contributed by atoms with Crippen LogP contribution < -0.4 is 14.2 Å². The molecule has 160 valence electrons. The van der Waals surface area contributed by atoms with E-state index in [-0.39, 0.29) is 23.1 Å². The van der Waals surface area contributed by atoms with E-state index >= 15 is 0 Å². The number of nitrogens with zero attached hydrogens (tertiary/aromatic N) is 1. The number of hydrogen-bond acceptors (Lipinski definition) is 6. The van der Waals surface area contributed by atoms with Crippen LogP contribution >= 0.6 is 0 Å². The van der Waals surface area contributed by atoms with Crippen LogP contribution in [-0.4, -0.2) is 42.2 Å². The minimum absolute atomic E-state index is 0.00360. The second-order valence-electron chi connectivity index (χ2n) is 7.46. The summed E-state index contributed by atoms with van der Waals surface area (Å²) >= 11 is 0. The van der Waals surface area contributed by atoms with E-state index in [0.717, 1.165) is 25.7 Å². The lowest BCUT2D eigenvalue weighted by Crippen LogP contribution is -2.12. The van der Waals surface area contributed by atoms with Crippen molar-refractivity contribution >= 4 is 22.5 Å². The van der Waals surface area contributed by atoms with E-state index in [9.17, 15) is 14.7 Å². The number of fused-ring (bicyclic) bond motifs is 1. The number of benzene rings is 2. The minimum atomic E-state index is -1.13. The number of rotatable bonds is 7. The van der Waals surface area contributed by atoms with Crippen molar-refractivity contribution in [3.05, 3.63) is 59.4 Å². The van der Waals surface area contributed by atoms with Gasteiger partial charge in [-0.1, -0.05) is 12.1 Å². The Balaban J connectivity index is 1.87. The van der Waals surface area contributed by atoms with Crippen molar-refractivity contribution in [2.75, 3.05) is 14.2 Å². The Bertz CT molecular complexity index is 1150. The van der Waals surface area contributed by atoms with Crippen molar-refractivity contribution in [1.82, 2.24) is 4.98 Å². The van der Waals surface area contributed by atoms with Gasteiger partial charge in [0.15, 0.2) is 11.5 Å². The third kappa shape index (κ3) is 4.03. The SMILES string of the molecule is COc1cccc(C(=O)c2ncc(C(=O)O)c3cc(OC4CCCC4)c(OC)cc23)c1. The summed E-state index contributed by atoms with van der Waals surface area (Å²) in [5.41, 5.74) is 0.525. The molecule has 0 aliphatic heterocycles. The van der Waals surface area contributed by atoms with Crippen molar-refractivity contribution < 1.29 is 28.9 Å². The highest BCUT2D eigenvalue weighted by Gasteiger charge is 2.24. The fraction of sp³-hybridized carbons (Fsp3) is 0.292. The normalized spacial score (nSPS) is 13.9. The van der Waals surface area contributed by atoms with Gasteiger partial charge in [-0.05, 0) is 49.9 Å². The molecule has 2 aromatic carbocycles. The van der Waals surface area contributed by atoms with Crippen LogP contribution in [0, 0.1) is 0 Å². The van der Waals surface area contributed by atoms with E-state index in [1.165, 1.54) is 20.4 Å². The zero-order valence-corrected chi connectivity index (χ0v) is 17.4. The van der Waals surface area contributed by atoms with Crippen molar-refractivity contribution in [2.45, 2.75) is 31.8 Å². The molecule has 0 radical (unpaired) electrons. The van der Waals surface area contributed by atoms with E-state index in [4.69, 9.17) is 14.2 Å². The Kier molecular flexibility index (Phi) is 5.75. The summed E-state index contributed by atoms with van der Waals surface area (Å²) < 4.78 is 16.8. The zero-order chi connectivity index (χ0) is 22.0. The van der Waals surface area contributed by atoms with E-state index in [1.54, 1.807) is 36.4 Å². The number of carbonyl (C=O) groups excluding carboxylic acids is 1. The molecule has 1 heterocycles. The van der Waals surface area contributed by atoms with Crippen LogP contribution in [0.5, 0.6) is 17.2 Å². The first-order chi connectivity index (χ1) is 15.0. The van der Waals surface area contributed by atoms with Crippen LogP contribution in [0.2, 0.25) is 0 Å². The van der Waals surface area contributed by atoms with Crippen molar-refractivity contribution in [2.24, 2.45) is 0 Å². The smallest absolute Gasteiger partial charge is 0.337 e. The average Bonchev–Trinajstić information content (AvgIpc) is 3.30. The first kappa shape index (κ1) is 20.7. The number of carbonyl (C=O) groups is 2. The van der Waals surface area contributed by atoms with Crippen LogP contribution in [0.15, 0.2) is 42.6 Å². The monoisotopic (exact) mass is 421 g/mol. The van der Waals surface area contributed by atoms with Crippen LogP contribution in [0.25, 0.3) is 10.8 Å². The van der Waals surface area contributed by atoms with Gasteiger partial charge < -0.3 is 19.3 Å². The molecule has 0 bridgehead atoms. The summed E-state index contributed by atoms with van der Waals surface area (Å²) in [5.74, 6) is -0.0248. The lowest BCUT2D eigenvalue weighted by atomic mass is 9.99. The molecule has 7 heteroatoms. The number of hydrogen-bond donors (Lipinski definition) is 1. The van der Waals surface area contributed by atoms with E-state index in [1.807, 2.05) is 0 Å². The van der Waals surface area contributed by atoms with Gasteiger partial charge in [0.1, 0.15) is 11.4 Å². The predicted octanol–water partition coefficient (Wildman–Crippen LogP) is 4.50. The average molecular weight is 421 g/mol. The zero-order valence-electron chi connectivity index (χ0n) is 17.4. The molecule has 4 rings (SSSR count). The van der Waals surface area contributed by atoms with Gasteiger partial charge in [0.05, 0.1) is 25.9 Å². The number of carboxylic acid groups (broad SMARTS) is 1. The highest BCUT2D eigenvalue weighted by Crippen LogP contribution is 2.37. The molecule has 1 aliphatic carbocycles. The molecule has 1 aliphatic rings. The maximum Gasteiger partial charge on any atom is 0.337 e. The largest absolute Gasteiger partial charge is 0.497 e. The minimum Gasteiger partial charge on any atom is -0.497 e. The summed E-state index contributed by atoms with van der Waals surface area (Å²) in [4.78, 5) is 29.3. The molecule has 0 amide bonds. The Morgan fingerprint density at radius 3 is 2.42 bits per heavy atom. The van der Waals surface area contributed by atoms with Gasteiger partial charge >= 0.3 is 5.97 Å². The lowest BCUT2D eigenvalue weighted by Gasteiger charge is -2.18. The van der Waals surface area contributed by atoms with Crippen molar-refractivity contribution in [3.8, 4) is 17.2 Å². The quantitative estimate of drug-likeness (QED) is 0.561. The van der Waals surface area contributed by atoms with Gasteiger partial charge in [0.2, 0.25) is 5.78 Å². The van der Waals surface area contributed by atoms with E-state index in [0.29, 0.717) is 33.6 Å². The summed E-state index contributed by atoms with van der Waals surface area (Å²) in [6.07, 6.45) is 5.38.